The second kappa shape index (κ2) is 9.88. The van der Waals surface area contributed by atoms with Gasteiger partial charge in [-0.1, -0.05) is 6.58 Å². The van der Waals surface area contributed by atoms with Gasteiger partial charge in [-0.15, -0.1) is 0 Å². The molecular weight excluding hydrogens is 508 g/mol. The Morgan fingerprint density at radius 3 is 2.75 bits per heavy atom. The highest BCUT2D eigenvalue weighted by molar-refractivity contribution is 5.89. The number of aromatic nitrogens is 7. The lowest BCUT2D eigenvalue weighted by molar-refractivity contribution is -0.131. The van der Waals surface area contributed by atoms with Crippen molar-refractivity contribution in [2.24, 2.45) is 0 Å². The molecule has 0 spiro atoms. The number of ether oxygens (including phenoxy) is 1. The lowest BCUT2D eigenvalue weighted by atomic mass is 9.98. The Morgan fingerprint density at radius 2 is 1.95 bits per heavy atom. The number of aryl methyl sites for hydroxylation is 1. The second-order valence-corrected chi connectivity index (χ2v) is 10.2. The smallest absolute Gasteiger partial charge is 0.246 e. The summed E-state index contributed by atoms with van der Waals surface area (Å²) in [7, 11) is 0. The van der Waals surface area contributed by atoms with Crippen molar-refractivity contribution >= 4 is 39.9 Å². The Kier molecular flexibility index (Phi) is 6.21. The van der Waals surface area contributed by atoms with Crippen molar-refractivity contribution in [2.75, 3.05) is 29.9 Å². The van der Waals surface area contributed by atoms with Crippen molar-refractivity contribution in [1.82, 2.24) is 39.4 Å². The summed E-state index contributed by atoms with van der Waals surface area (Å²) in [5.74, 6) is 2.45. The van der Waals surface area contributed by atoms with Gasteiger partial charge in [0.25, 0.3) is 0 Å². The third kappa shape index (κ3) is 4.75. The Bertz CT molecular complexity index is 1750. The van der Waals surface area contributed by atoms with E-state index in [1.54, 1.807) is 16.9 Å². The van der Waals surface area contributed by atoms with Crippen LogP contribution in [0.5, 0.6) is 11.6 Å². The Balaban J connectivity index is 1.23. The van der Waals surface area contributed by atoms with Gasteiger partial charge < -0.3 is 19.9 Å². The van der Waals surface area contributed by atoms with Crippen LogP contribution in [0.15, 0.2) is 68.0 Å². The first-order chi connectivity index (χ1) is 19.3. The van der Waals surface area contributed by atoms with Gasteiger partial charge >= 0.3 is 0 Å². The van der Waals surface area contributed by atoms with Gasteiger partial charge in [-0.2, -0.15) is 5.10 Å². The summed E-state index contributed by atoms with van der Waals surface area (Å²) in [6.45, 7) is 11.6. The van der Waals surface area contributed by atoms with Crippen LogP contribution in [0.4, 0.5) is 17.3 Å². The molecule has 1 aliphatic rings. The van der Waals surface area contributed by atoms with E-state index in [2.05, 4.69) is 55.7 Å². The third-order valence-corrected chi connectivity index (χ3v) is 6.93. The topological polar surface area (TPSA) is 127 Å². The fraction of sp³-hybridized carbons (Fsp3) is 0.250. The normalized spacial score (nSPS) is 14.9. The first-order valence-corrected chi connectivity index (χ1v) is 12.8. The molecule has 4 aromatic heterocycles. The molecule has 12 heteroatoms. The zero-order valence-corrected chi connectivity index (χ0v) is 22.4. The zero-order valence-electron chi connectivity index (χ0n) is 22.4. The number of amides is 1. The predicted molar refractivity (Wildman–Crippen MR) is 151 cm³/mol. The highest BCUT2D eigenvalue weighted by atomic mass is 16.5. The quantitative estimate of drug-likeness (QED) is 0.319. The highest BCUT2D eigenvalue weighted by Gasteiger charge is 2.36. The summed E-state index contributed by atoms with van der Waals surface area (Å²) in [6.07, 6.45) is 5.92. The molecule has 1 N–H and O–H groups in total. The summed E-state index contributed by atoms with van der Waals surface area (Å²) in [5.41, 5.74) is 3.41. The number of carbonyl (C=O) groups excluding carboxylic acids is 1. The van der Waals surface area contributed by atoms with Gasteiger partial charge in [-0.3, -0.25) is 4.79 Å². The number of anilines is 3. The van der Waals surface area contributed by atoms with Crippen LogP contribution >= 0.6 is 0 Å². The van der Waals surface area contributed by atoms with E-state index in [-0.39, 0.29) is 11.4 Å². The number of nitrogens with zero attached hydrogens (tertiary/aromatic N) is 9. The van der Waals surface area contributed by atoms with Crippen LogP contribution in [0.3, 0.4) is 0 Å². The number of piperazine rings is 1. The van der Waals surface area contributed by atoms with Gasteiger partial charge in [-0.25, -0.2) is 29.4 Å². The standard InChI is InChI=1S/C28H28N10O2/c1-5-25(39)37-11-10-36(14-28(37,3)4)22-9-7-20-26(35-22)27(31-15-29-20)34-19-6-8-21(18(2)12-19)40-24-13-23-30-16-33-38(23)17-32-24/h5-9,12-13,15-17H,1,10-11,14H2,2-4H3,(H,29,31,34). The van der Waals surface area contributed by atoms with Gasteiger partial charge in [0, 0.05) is 31.4 Å². The van der Waals surface area contributed by atoms with Crippen molar-refractivity contribution in [1.29, 1.82) is 0 Å². The number of rotatable bonds is 6. The van der Waals surface area contributed by atoms with Gasteiger partial charge in [0.1, 0.15) is 36.1 Å². The third-order valence-electron chi connectivity index (χ3n) is 6.93. The molecule has 1 amide bonds. The van der Waals surface area contributed by atoms with E-state index in [0.29, 0.717) is 48.2 Å². The molecule has 0 saturated carbocycles. The summed E-state index contributed by atoms with van der Waals surface area (Å²) >= 11 is 0. The van der Waals surface area contributed by atoms with Crippen molar-refractivity contribution < 1.29 is 9.53 Å². The zero-order chi connectivity index (χ0) is 27.9. The SMILES string of the molecule is C=CC(=O)N1CCN(c2ccc3ncnc(Nc4ccc(Oc5cc6ncnn6cn5)c(C)c4)c3n2)CC1(C)C. The Labute approximate surface area is 230 Å². The average molecular weight is 537 g/mol. The Morgan fingerprint density at radius 1 is 1.07 bits per heavy atom. The molecule has 5 aromatic rings. The van der Waals surface area contributed by atoms with E-state index in [1.165, 1.54) is 18.7 Å². The molecule has 40 heavy (non-hydrogen) atoms. The second-order valence-electron chi connectivity index (χ2n) is 10.2. The van der Waals surface area contributed by atoms with E-state index in [9.17, 15) is 4.79 Å². The number of hydrogen-bond donors (Lipinski definition) is 1. The fourth-order valence-electron chi connectivity index (χ4n) is 4.92. The molecule has 1 fully saturated rings. The Hall–Kier alpha value is -5.13. The van der Waals surface area contributed by atoms with E-state index < -0.39 is 0 Å². The van der Waals surface area contributed by atoms with Gasteiger partial charge in [0.15, 0.2) is 11.5 Å². The molecule has 5 heterocycles. The van der Waals surface area contributed by atoms with E-state index in [4.69, 9.17) is 9.72 Å². The van der Waals surface area contributed by atoms with E-state index >= 15 is 0 Å². The first kappa shape index (κ1) is 25.2. The molecule has 12 nitrogen and oxygen atoms in total. The van der Waals surface area contributed by atoms with Crippen molar-refractivity contribution in [2.45, 2.75) is 26.3 Å². The van der Waals surface area contributed by atoms with E-state index in [0.717, 1.165) is 22.6 Å². The number of pyridine rings is 1. The monoisotopic (exact) mass is 536 g/mol. The molecule has 0 aliphatic carbocycles. The van der Waals surface area contributed by atoms with Crippen LogP contribution in [-0.2, 0) is 4.79 Å². The van der Waals surface area contributed by atoms with Crippen LogP contribution in [0.2, 0.25) is 0 Å². The largest absolute Gasteiger partial charge is 0.439 e. The van der Waals surface area contributed by atoms with Gasteiger partial charge in [0.2, 0.25) is 11.8 Å². The maximum absolute atomic E-state index is 12.3. The molecule has 0 radical (unpaired) electrons. The van der Waals surface area contributed by atoms with Crippen molar-refractivity contribution in [3.8, 4) is 11.6 Å². The number of carbonyl (C=O) groups is 1. The van der Waals surface area contributed by atoms with Crippen molar-refractivity contribution in [3.05, 3.63) is 73.6 Å². The molecule has 202 valence electrons. The minimum Gasteiger partial charge on any atom is -0.439 e. The van der Waals surface area contributed by atoms with Crippen LogP contribution < -0.4 is 15.0 Å². The molecular formula is C28H28N10O2. The molecule has 1 aromatic carbocycles. The maximum Gasteiger partial charge on any atom is 0.246 e. The molecule has 0 unspecified atom stereocenters. The summed E-state index contributed by atoms with van der Waals surface area (Å²) < 4.78 is 7.57. The number of hydrogen-bond acceptors (Lipinski definition) is 10. The van der Waals surface area contributed by atoms with Crippen molar-refractivity contribution in [3.63, 3.8) is 0 Å². The lowest BCUT2D eigenvalue weighted by Crippen LogP contribution is -2.61. The summed E-state index contributed by atoms with van der Waals surface area (Å²) in [4.78, 5) is 38.6. The lowest BCUT2D eigenvalue weighted by Gasteiger charge is -2.47. The van der Waals surface area contributed by atoms with Gasteiger partial charge in [0.05, 0.1) is 11.1 Å². The van der Waals surface area contributed by atoms with E-state index in [1.807, 2.05) is 42.2 Å². The minimum absolute atomic E-state index is 0.0598. The summed E-state index contributed by atoms with van der Waals surface area (Å²) in [6, 6.07) is 11.4. The highest BCUT2D eigenvalue weighted by Crippen LogP contribution is 2.31. The number of nitrogens with one attached hydrogen (secondary N) is 1. The average Bonchev–Trinajstić information content (AvgIpc) is 3.41. The molecule has 1 saturated heterocycles. The van der Waals surface area contributed by atoms with Crippen LogP contribution in [0.1, 0.15) is 19.4 Å². The first-order valence-electron chi connectivity index (χ1n) is 12.8. The summed E-state index contributed by atoms with van der Waals surface area (Å²) in [5, 5.41) is 7.44. The molecule has 0 atom stereocenters. The molecule has 1 aliphatic heterocycles. The molecule has 6 rings (SSSR count). The van der Waals surface area contributed by atoms with Crippen LogP contribution in [0, 0.1) is 6.92 Å². The van der Waals surface area contributed by atoms with Crippen LogP contribution in [0.25, 0.3) is 16.7 Å². The van der Waals surface area contributed by atoms with Crippen LogP contribution in [-0.4, -0.2) is 70.5 Å². The number of benzene rings is 1. The fourth-order valence-corrected chi connectivity index (χ4v) is 4.92. The molecule has 0 bridgehead atoms. The maximum atomic E-state index is 12.3. The van der Waals surface area contributed by atoms with Gasteiger partial charge in [-0.05, 0) is 62.7 Å². The minimum atomic E-state index is -0.369. The predicted octanol–water partition coefficient (Wildman–Crippen LogP) is 3.92. The number of fused-ring (bicyclic) bond motifs is 2.